The molecule has 1 N–H and O–H groups in total. The molecule has 0 spiro atoms. The van der Waals surface area contributed by atoms with E-state index in [-0.39, 0.29) is 11.9 Å². The molecule has 6 nitrogen and oxygen atoms in total. The molecule has 0 aromatic rings. The van der Waals surface area contributed by atoms with Crippen LogP contribution in [0.1, 0.15) is 39.0 Å². The highest BCUT2D eigenvalue weighted by atomic mass is 16.5. The molecule has 3 rings (SSSR count). The summed E-state index contributed by atoms with van der Waals surface area (Å²) in [5.41, 5.74) is 0. The third-order valence-corrected chi connectivity index (χ3v) is 5.75. The Kier molecular flexibility index (Phi) is 6.49. The van der Waals surface area contributed by atoms with Gasteiger partial charge >= 0.3 is 5.97 Å². The molecule has 138 valence electrons. The molecule has 3 aliphatic rings. The summed E-state index contributed by atoms with van der Waals surface area (Å²) >= 11 is 0. The summed E-state index contributed by atoms with van der Waals surface area (Å²) in [5.74, 6) is 0.0547. The van der Waals surface area contributed by atoms with Gasteiger partial charge in [-0.05, 0) is 39.0 Å². The number of esters is 1. The highest BCUT2D eigenvalue weighted by Crippen LogP contribution is 2.28. The SMILES string of the molecule is CCOC(=O)[C@H]1CC[C@H](OCC2C[C@H](N3CC(OC)C3)CN2)CC1. The molecule has 1 aliphatic carbocycles. The predicted molar refractivity (Wildman–Crippen MR) is 90.9 cm³/mol. The normalized spacial score (nSPS) is 34.9. The molecule has 24 heavy (non-hydrogen) atoms. The lowest BCUT2D eigenvalue weighted by molar-refractivity contribution is -0.150. The van der Waals surface area contributed by atoms with E-state index >= 15 is 0 Å². The van der Waals surface area contributed by atoms with E-state index in [0.29, 0.717) is 30.9 Å². The summed E-state index contributed by atoms with van der Waals surface area (Å²) in [4.78, 5) is 14.3. The van der Waals surface area contributed by atoms with Gasteiger partial charge in [-0.15, -0.1) is 0 Å². The molecule has 1 unspecified atom stereocenters. The van der Waals surface area contributed by atoms with E-state index < -0.39 is 0 Å². The molecule has 6 heteroatoms. The van der Waals surface area contributed by atoms with Gasteiger partial charge in [0.15, 0.2) is 0 Å². The Bertz CT molecular complexity index is 406. The number of carbonyl (C=O) groups is 1. The summed E-state index contributed by atoms with van der Waals surface area (Å²) in [6.45, 7) is 6.31. The van der Waals surface area contributed by atoms with Gasteiger partial charge in [0.2, 0.25) is 0 Å². The van der Waals surface area contributed by atoms with Crippen LogP contribution in [0.3, 0.4) is 0 Å². The van der Waals surface area contributed by atoms with Crippen LogP contribution in [0.4, 0.5) is 0 Å². The quantitative estimate of drug-likeness (QED) is 0.703. The maximum Gasteiger partial charge on any atom is 0.308 e. The van der Waals surface area contributed by atoms with Crippen molar-refractivity contribution in [3.8, 4) is 0 Å². The summed E-state index contributed by atoms with van der Waals surface area (Å²) in [7, 11) is 1.79. The second kappa shape index (κ2) is 8.61. The van der Waals surface area contributed by atoms with Crippen molar-refractivity contribution < 1.29 is 19.0 Å². The van der Waals surface area contributed by atoms with Crippen molar-refractivity contribution in [2.45, 2.75) is 63.3 Å². The van der Waals surface area contributed by atoms with E-state index in [1.165, 1.54) is 0 Å². The number of ether oxygens (including phenoxy) is 3. The fourth-order valence-electron chi connectivity index (χ4n) is 4.10. The molecule has 1 saturated carbocycles. The zero-order valence-electron chi connectivity index (χ0n) is 15.0. The van der Waals surface area contributed by atoms with Gasteiger partial charge in [-0.25, -0.2) is 0 Å². The van der Waals surface area contributed by atoms with Crippen LogP contribution < -0.4 is 5.32 Å². The smallest absolute Gasteiger partial charge is 0.308 e. The highest BCUT2D eigenvalue weighted by molar-refractivity contribution is 5.72. The fraction of sp³-hybridized carbons (Fsp3) is 0.944. The molecular weight excluding hydrogens is 308 g/mol. The monoisotopic (exact) mass is 340 g/mol. The first-order valence-corrected chi connectivity index (χ1v) is 9.48. The number of methoxy groups -OCH3 is 1. The number of nitrogens with one attached hydrogen (secondary N) is 1. The van der Waals surface area contributed by atoms with Crippen molar-refractivity contribution in [2.24, 2.45) is 5.92 Å². The number of nitrogens with zero attached hydrogens (tertiary/aromatic N) is 1. The molecule has 0 aromatic carbocycles. The number of rotatable bonds is 7. The number of hydrogen-bond donors (Lipinski definition) is 1. The van der Waals surface area contributed by atoms with E-state index in [0.717, 1.165) is 58.3 Å². The third kappa shape index (κ3) is 4.48. The molecule has 2 saturated heterocycles. The summed E-state index contributed by atoms with van der Waals surface area (Å²) < 4.78 is 16.6. The molecule has 2 heterocycles. The zero-order chi connectivity index (χ0) is 16.9. The van der Waals surface area contributed by atoms with Gasteiger partial charge in [-0.3, -0.25) is 9.69 Å². The average molecular weight is 340 g/mol. The molecule has 2 atom stereocenters. The van der Waals surface area contributed by atoms with Crippen LogP contribution in [0.15, 0.2) is 0 Å². The molecule has 3 fully saturated rings. The van der Waals surface area contributed by atoms with E-state index in [4.69, 9.17) is 14.2 Å². The fourth-order valence-corrected chi connectivity index (χ4v) is 4.10. The largest absolute Gasteiger partial charge is 0.466 e. The van der Waals surface area contributed by atoms with Crippen LogP contribution in [-0.2, 0) is 19.0 Å². The van der Waals surface area contributed by atoms with Crippen molar-refractivity contribution in [2.75, 3.05) is 40.0 Å². The van der Waals surface area contributed by atoms with E-state index in [9.17, 15) is 4.79 Å². The number of carbonyl (C=O) groups excluding carboxylic acids is 1. The lowest BCUT2D eigenvalue weighted by Gasteiger charge is -2.42. The standard InChI is InChI=1S/C18H32N2O4/c1-3-23-18(21)13-4-6-16(7-5-13)24-12-14-8-15(9-19-14)20-10-17(11-20)22-2/h13-17,19H,3-12H2,1-2H3/t13-,14?,15-,16-/m0/s1. The predicted octanol–water partition coefficient (Wildman–Crippen LogP) is 1.19. The Morgan fingerprint density at radius 1 is 1.17 bits per heavy atom. The lowest BCUT2D eigenvalue weighted by atomic mass is 9.87. The topological polar surface area (TPSA) is 60.0 Å². The molecule has 0 radical (unpaired) electrons. The molecule has 0 amide bonds. The molecular formula is C18H32N2O4. The summed E-state index contributed by atoms with van der Waals surface area (Å²) in [6.07, 6.45) is 5.64. The van der Waals surface area contributed by atoms with E-state index in [2.05, 4.69) is 10.2 Å². The van der Waals surface area contributed by atoms with Crippen molar-refractivity contribution >= 4 is 5.97 Å². The second-order valence-corrected chi connectivity index (χ2v) is 7.37. The van der Waals surface area contributed by atoms with Gasteiger partial charge in [0, 0.05) is 38.8 Å². The molecule has 2 aliphatic heterocycles. The maximum atomic E-state index is 11.8. The Labute approximate surface area is 145 Å². The van der Waals surface area contributed by atoms with Crippen LogP contribution in [0.5, 0.6) is 0 Å². The average Bonchev–Trinajstić information content (AvgIpc) is 3.01. The van der Waals surface area contributed by atoms with Crippen molar-refractivity contribution in [1.29, 1.82) is 0 Å². The first kappa shape index (κ1) is 18.1. The van der Waals surface area contributed by atoms with Crippen LogP contribution in [-0.4, -0.2) is 75.1 Å². The molecule has 0 aromatic heterocycles. The van der Waals surface area contributed by atoms with Gasteiger partial charge in [0.25, 0.3) is 0 Å². The second-order valence-electron chi connectivity index (χ2n) is 7.37. The van der Waals surface area contributed by atoms with Crippen LogP contribution >= 0.6 is 0 Å². The lowest BCUT2D eigenvalue weighted by Crippen LogP contribution is -2.56. The van der Waals surface area contributed by atoms with Crippen molar-refractivity contribution in [3.05, 3.63) is 0 Å². The summed E-state index contributed by atoms with van der Waals surface area (Å²) in [6, 6.07) is 1.09. The minimum Gasteiger partial charge on any atom is -0.466 e. The van der Waals surface area contributed by atoms with Gasteiger partial charge in [0.1, 0.15) is 0 Å². The van der Waals surface area contributed by atoms with Crippen molar-refractivity contribution in [1.82, 2.24) is 10.2 Å². The number of likely N-dealkylation sites (tertiary alicyclic amines) is 1. The van der Waals surface area contributed by atoms with Crippen molar-refractivity contribution in [3.63, 3.8) is 0 Å². The Morgan fingerprint density at radius 3 is 2.58 bits per heavy atom. The minimum absolute atomic E-state index is 0.0276. The zero-order valence-corrected chi connectivity index (χ0v) is 15.0. The summed E-state index contributed by atoms with van der Waals surface area (Å²) in [5, 5.41) is 3.59. The Balaban J connectivity index is 1.30. The number of hydrogen-bond acceptors (Lipinski definition) is 6. The van der Waals surface area contributed by atoms with E-state index in [1.54, 1.807) is 7.11 Å². The Morgan fingerprint density at radius 2 is 1.92 bits per heavy atom. The van der Waals surface area contributed by atoms with Crippen LogP contribution in [0.25, 0.3) is 0 Å². The van der Waals surface area contributed by atoms with E-state index in [1.807, 2.05) is 6.92 Å². The minimum atomic E-state index is -0.0276. The van der Waals surface area contributed by atoms with Gasteiger partial charge in [-0.2, -0.15) is 0 Å². The first-order chi connectivity index (χ1) is 11.7. The Hall–Kier alpha value is -0.690. The maximum absolute atomic E-state index is 11.8. The third-order valence-electron chi connectivity index (χ3n) is 5.75. The van der Waals surface area contributed by atoms with Crippen LogP contribution in [0.2, 0.25) is 0 Å². The van der Waals surface area contributed by atoms with Crippen LogP contribution in [0, 0.1) is 5.92 Å². The van der Waals surface area contributed by atoms with Gasteiger partial charge in [-0.1, -0.05) is 0 Å². The highest BCUT2D eigenvalue weighted by Gasteiger charge is 2.37. The first-order valence-electron chi connectivity index (χ1n) is 9.48. The van der Waals surface area contributed by atoms with Gasteiger partial charge < -0.3 is 19.5 Å². The molecule has 0 bridgehead atoms. The van der Waals surface area contributed by atoms with Gasteiger partial charge in [0.05, 0.1) is 31.3 Å².